The van der Waals surface area contributed by atoms with Crippen LogP contribution in [0.2, 0.25) is 0 Å². The minimum atomic E-state index is -1.44. The third-order valence-corrected chi connectivity index (χ3v) is 7.63. The van der Waals surface area contributed by atoms with Crippen molar-refractivity contribution in [3.05, 3.63) is 48.3 Å². The molecule has 1 aromatic carbocycles. The molecule has 0 saturated carbocycles. The predicted molar refractivity (Wildman–Crippen MR) is 141 cm³/mol. The highest BCUT2D eigenvalue weighted by Crippen LogP contribution is 2.37. The maximum Gasteiger partial charge on any atom is 0.407 e. The van der Waals surface area contributed by atoms with Crippen LogP contribution in [0.5, 0.6) is 0 Å². The Kier molecular flexibility index (Phi) is 10.3. The van der Waals surface area contributed by atoms with Gasteiger partial charge < -0.3 is 14.6 Å². The van der Waals surface area contributed by atoms with Gasteiger partial charge in [-0.05, 0) is 68.6 Å². The summed E-state index contributed by atoms with van der Waals surface area (Å²) in [4.78, 5) is 14.0. The van der Waals surface area contributed by atoms with Crippen LogP contribution < -0.4 is 4.72 Å². The Morgan fingerprint density at radius 2 is 1.68 bits per heavy atom. The molecule has 2 N–H and O–H groups in total. The van der Waals surface area contributed by atoms with Crippen molar-refractivity contribution in [3.8, 4) is 0 Å². The number of carboxylic acid groups (broad SMARTS) is 1. The largest absolute Gasteiger partial charge is 0.598 e. The minimum Gasteiger partial charge on any atom is -0.598 e. The van der Waals surface area contributed by atoms with Gasteiger partial charge in [-0.25, -0.2) is 9.18 Å². The average Bonchev–Trinajstić information content (AvgIpc) is 2.65. The molecule has 5 nitrogen and oxygen atoms in total. The number of benzene rings is 1. The lowest BCUT2D eigenvalue weighted by Crippen LogP contribution is -2.54. The first-order chi connectivity index (χ1) is 15.3. The fourth-order valence-corrected chi connectivity index (χ4v) is 4.99. The molecule has 1 aromatic rings. The van der Waals surface area contributed by atoms with Gasteiger partial charge in [0.1, 0.15) is 10.6 Å². The molecule has 0 aliphatic rings. The maximum absolute atomic E-state index is 13.7. The first-order valence-electron chi connectivity index (χ1n) is 11.9. The fourth-order valence-electron chi connectivity index (χ4n) is 4.02. The van der Waals surface area contributed by atoms with E-state index in [9.17, 15) is 18.8 Å². The summed E-state index contributed by atoms with van der Waals surface area (Å²) < 4.78 is 29.7. The van der Waals surface area contributed by atoms with Crippen LogP contribution in [0.3, 0.4) is 0 Å². The van der Waals surface area contributed by atoms with Crippen LogP contribution >= 0.6 is 0 Å². The molecule has 0 heterocycles. The van der Waals surface area contributed by atoms with E-state index in [1.165, 1.54) is 17.0 Å². The van der Waals surface area contributed by atoms with Gasteiger partial charge >= 0.3 is 6.09 Å². The smallest absolute Gasteiger partial charge is 0.407 e. The SMILES string of the molecule is C=CC[C@](CCN(C(=O)O)[C@@H](CC(C)(C)C)C(C)(C)C)(N[S+]([O-])C(C)(C)C)c1ccc(F)cc1. The van der Waals surface area contributed by atoms with E-state index in [1.807, 2.05) is 20.8 Å². The van der Waals surface area contributed by atoms with Crippen LogP contribution in [-0.4, -0.2) is 38.0 Å². The molecule has 0 radical (unpaired) electrons. The van der Waals surface area contributed by atoms with E-state index in [1.54, 1.807) is 18.2 Å². The number of hydrogen-bond acceptors (Lipinski definition) is 3. The number of nitrogens with zero attached hydrogens (tertiary/aromatic N) is 1. The Balaban J connectivity index is 3.49. The van der Waals surface area contributed by atoms with Crippen LogP contribution in [0.4, 0.5) is 9.18 Å². The van der Waals surface area contributed by atoms with Crippen molar-refractivity contribution in [2.75, 3.05) is 6.54 Å². The van der Waals surface area contributed by atoms with Crippen molar-refractivity contribution in [1.82, 2.24) is 9.62 Å². The van der Waals surface area contributed by atoms with Crippen molar-refractivity contribution >= 4 is 17.5 Å². The molecule has 0 aliphatic heterocycles. The van der Waals surface area contributed by atoms with E-state index in [2.05, 4.69) is 52.8 Å². The molecule has 3 atom stereocenters. The first kappa shape index (κ1) is 30.5. The molecule has 0 saturated heterocycles. The number of halogens is 1. The quantitative estimate of drug-likeness (QED) is 0.274. The average molecular weight is 497 g/mol. The van der Waals surface area contributed by atoms with E-state index in [0.717, 1.165) is 5.56 Å². The lowest BCUT2D eigenvalue weighted by Gasteiger charge is -2.44. The number of carbonyl (C=O) groups is 1. The maximum atomic E-state index is 13.7. The zero-order chi connectivity index (χ0) is 26.5. The number of rotatable bonds is 10. The summed E-state index contributed by atoms with van der Waals surface area (Å²) in [7, 11) is 0. The van der Waals surface area contributed by atoms with Gasteiger partial charge in [0.15, 0.2) is 0 Å². The van der Waals surface area contributed by atoms with Crippen molar-refractivity contribution in [3.63, 3.8) is 0 Å². The number of hydrogen-bond donors (Lipinski definition) is 2. The second-order valence-corrected chi connectivity index (χ2v) is 14.4. The van der Waals surface area contributed by atoms with Crippen molar-refractivity contribution in [2.24, 2.45) is 10.8 Å². The number of nitrogens with one attached hydrogen (secondary N) is 1. The highest BCUT2D eigenvalue weighted by molar-refractivity contribution is 7.90. The second-order valence-electron chi connectivity index (χ2n) is 12.4. The molecular weight excluding hydrogens is 451 g/mol. The van der Waals surface area contributed by atoms with E-state index in [0.29, 0.717) is 19.3 Å². The Morgan fingerprint density at radius 3 is 2.06 bits per heavy atom. The minimum absolute atomic E-state index is 0.0627. The van der Waals surface area contributed by atoms with Gasteiger partial charge in [-0.2, -0.15) is 0 Å². The van der Waals surface area contributed by atoms with Crippen LogP contribution in [0.15, 0.2) is 36.9 Å². The molecule has 1 unspecified atom stereocenters. The van der Waals surface area contributed by atoms with E-state index in [-0.39, 0.29) is 29.2 Å². The van der Waals surface area contributed by atoms with Gasteiger partial charge in [0.05, 0.1) is 5.54 Å². The lowest BCUT2D eigenvalue weighted by molar-refractivity contribution is 0.0542. The van der Waals surface area contributed by atoms with Gasteiger partial charge in [0.2, 0.25) is 0 Å². The Labute approximate surface area is 209 Å². The third-order valence-electron chi connectivity index (χ3n) is 5.94. The van der Waals surface area contributed by atoms with Gasteiger partial charge in [-0.3, -0.25) is 0 Å². The summed E-state index contributed by atoms with van der Waals surface area (Å²) in [5.41, 5.74) is -0.456. The van der Waals surface area contributed by atoms with Crippen LogP contribution in [-0.2, 0) is 16.9 Å². The van der Waals surface area contributed by atoms with Gasteiger partial charge in [-0.1, -0.05) is 59.8 Å². The van der Waals surface area contributed by atoms with E-state index < -0.39 is 27.7 Å². The summed E-state index contributed by atoms with van der Waals surface area (Å²) in [6.07, 6.45) is 2.23. The van der Waals surface area contributed by atoms with E-state index in [4.69, 9.17) is 0 Å². The monoisotopic (exact) mass is 496 g/mol. The summed E-state index contributed by atoms with van der Waals surface area (Å²) in [6.45, 7) is 22.3. The van der Waals surface area contributed by atoms with Crippen molar-refractivity contribution in [1.29, 1.82) is 0 Å². The van der Waals surface area contributed by atoms with Crippen LogP contribution in [0.25, 0.3) is 0 Å². The predicted octanol–water partition coefficient (Wildman–Crippen LogP) is 6.87. The fraction of sp³-hybridized carbons (Fsp3) is 0.667. The molecule has 0 aromatic heterocycles. The standard InChI is InChI=1S/C27H45FN2O3S/c1-11-16-27(29-34(33)26(8,9)10,20-12-14-21(28)15-13-20)17-18-30(23(31)32)22(25(5,6)7)19-24(2,3)4/h11-15,22,29H,1,16-19H2,2-10H3,(H,31,32)/t22-,27+,34?/m0/s1. The summed E-state index contributed by atoms with van der Waals surface area (Å²) >= 11 is -1.44. The lowest BCUT2D eigenvalue weighted by atomic mass is 9.75. The zero-order valence-corrected chi connectivity index (χ0v) is 23.3. The molecule has 1 rings (SSSR count). The molecule has 194 valence electrons. The highest BCUT2D eigenvalue weighted by atomic mass is 32.2. The summed E-state index contributed by atoms with van der Waals surface area (Å²) in [6, 6.07) is 5.89. The van der Waals surface area contributed by atoms with Gasteiger partial charge in [0, 0.05) is 23.9 Å². The van der Waals surface area contributed by atoms with E-state index >= 15 is 0 Å². The van der Waals surface area contributed by atoms with Crippen molar-refractivity contribution < 1.29 is 18.8 Å². The Bertz CT molecular complexity index is 809. The summed E-state index contributed by atoms with van der Waals surface area (Å²) in [5, 5.41) is 10.2. The first-order valence-corrected chi connectivity index (χ1v) is 13.0. The third kappa shape index (κ3) is 8.90. The number of amides is 1. The normalized spacial score (nSPS) is 16.4. The van der Waals surface area contributed by atoms with Crippen LogP contribution in [0.1, 0.15) is 87.1 Å². The highest BCUT2D eigenvalue weighted by Gasteiger charge is 2.42. The van der Waals surface area contributed by atoms with Gasteiger partial charge in [0.25, 0.3) is 0 Å². The molecule has 34 heavy (non-hydrogen) atoms. The summed E-state index contributed by atoms with van der Waals surface area (Å²) in [5.74, 6) is -0.363. The molecule has 0 fully saturated rings. The molecule has 0 spiro atoms. The molecule has 7 heteroatoms. The molecule has 0 aliphatic carbocycles. The molecule has 1 amide bonds. The Morgan fingerprint density at radius 1 is 1.15 bits per heavy atom. The second kappa shape index (κ2) is 11.4. The zero-order valence-electron chi connectivity index (χ0n) is 22.5. The molecule has 0 bridgehead atoms. The topological polar surface area (TPSA) is 75.6 Å². The van der Waals surface area contributed by atoms with Crippen molar-refractivity contribution in [2.45, 2.75) is 97.9 Å². The van der Waals surface area contributed by atoms with Crippen LogP contribution in [0, 0.1) is 16.6 Å². The Hall–Kier alpha value is -1.57. The van der Waals surface area contributed by atoms with Gasteiger partial charge in [-0.15, -0.1) is 11.3 Å². The molecular formula is C27H45FN2O3S.